The van der Waals surface area contributed by atoms with Gasteiger partial charge in [0.2, 0.25) is 5.95 Å². The average Bonchev–Trinajstić information content (AvgIpc) is 3.29. The number of aryl methyl sites for hydroxylation is 1. The monoisotopic (exact) mass is 300 g/mol. The molecule has 0 saturated heterocycles. The molecule has 0 bridgehead atoms. The second-order valence-electron chi connectivity index (χ2n) is 5.32. The topological polar surface area (TPSA) is 50.2 Å². The van der Waals surface area contributed by atoms with Crippen molar-refractivity contribution in [1.82, 2.24) is 9.97 Å². The highest BCUT2D eigenvalue weighted by atomic mass is 35.5. The summed E-state index contributed by atoms with van der Waals surface area (Å²) in [5, 5.41) is 5.03. The Morgan fingerprint density at radius 3 is 2.76 bits per heavy atom. The van der Waals surface area contributed by atoms with E-state index in [1.54, 1.807) is 0 Å². The Bertz CT molecular complexity index is 692. The molecule has 0 aliphatic heterocycles. The highest BCUT2D eigenvalue weighted by molar-refractivity contribution is 6.34. The van der Waals surface area contributed by atoms with E-state index in [-0.39, 0.29) is 0 Å². The number of benzene rings is 1. The van der Waals surface area contributed by atoms with Crippen molar-refractivity contribution in [3.8, 4) is 0 Å². The second kappa shape index (κ2) is 5.82. The van der Waals surface area contributed by atoms with Crippen molar-refractivity contribution in [2.24, 2.45) is 5.10 Å². The number of nitrogens with zero attached hydrogens (tertiary/aromatic N) is 3. The number of hydrogen-bond donors (Lipinski definition) is 1. The molecule has 1 saturated carbocycles. The molecule has 4 nitrogen and oxygen atoms in total. The first-order valence-electron chi connectivity index (χ1n) is 7.04. The molecule has 1 aromatic heterocycles. The Morgan fingerprint density at radius 2 is 2.05 bits per heavy atom. The minimum Gasteiger partial charge on any atom is -0.245 e. The van der Waals surface area contributed by atoms with Gasteiger partial charge in [-0.1, -0.05) is 29.8 Å². The third kappa shape index (κ3) is 3.39. The van der Waals surface area contributed by atoms with Gasteiger partial charge in [-0.15, -0.1) is 0 Å². The van der Waals surface area contributed by atoms with Gasteiger partial charge in [0.15, 0.2) is 0 Å². The maximum absolute atomic E-state index is 6.16. The van der Waals surface area contributed by atoms with Crippen LogP contribution in [0.2, 0.25) is 5.02 Å². The van der Waals surface area contributed by atoms with Crippen molar-refractivity contribution < 1.29 is 0 Å². The molecule has 0 amide bonds. The third-order valence-electron chi connectivity index (χ3n) is 3.46. The van der Waals surface area contributed by atoms with Crippen LogP contribution in [0, 0.1) is 6.92 Å². The molecule has 3 rings (SSSR count). The van der Waals surface area contributed by atoms with Crippen LogP contribution in [0.4, 0.5) is 5.95 Å². The molecule has 2 aromatic rings. The first-order chi connectivity index (χ1) is 10.1. The Labute approximate surface area is 129 Å². The zero-order valence-corrected chi connectivity index (χ0v) is 12.9. The zero-order valence-electron chi connectivity index (χ0n) is 12.1. The van der Waals surface area contributed by atoms with Gasteiger partial charge in [0.05, 0.1) is 5.71 Å². The number of nitrogens with one attached hydrogen (secondary N) is 1. The average molecular weight is 301 g/mol. The lowest BCUT2D eigenvalue weighted by Crippen LogP contribution is -2.05. The smallest absolute Gasteiger partial charge is 0.243 e. The quantitative estimate of drug-likeness (QED) is 0.681. The fourth-order valence-corrected chi connectivity index (χ4v) is 2.45. The molecule has 5 heteroatoms. The molecular formula is C16H17ClN4. The van der Waals surface area contributed by atoms with Crippen LogP contribution in [0.15, 0.2) is 35.4 Å². The number of anilines is 1. The first-order valence-corrected chi connectivity index (χ1v) is 7.42. The molecule has 1 aliphatic carbocycles. The maximum Gasteiger partial charge on any atom is 0.243 e. The number of hydrogen-bond acceptors (Lipinski definition) is 4. The summed E-state index contributed by atoms with van der Waals surface area (Å²) in [6, 6.07) is 9.68. The molecule has 0 unspecified atom stereocenters. The normalized spacial score (nSPS) is 15.1. The Hall–Kier alpha value is -1.94. The van der Waals surface area contributed by atoms with Crippen molar-refractivity contribution in [3.05, 3.63) is 52.3 Å². The van der Waals surface area contributed by atoms with Gasteiger partial charge in [0.1, 0.15) is 0 Å². The van der Waals surface area contributed by atoms with Gasteiger partial charge in [-0.05, 0) is 38.8 Å². The highest BCUT2D eigenvalue weighted by Gasteiger charge is 2.25. The second-order valence-corrected chi connectivity index (χ2v) is 5.73. The van der Waals surface area contributed by atoms with Crippen molar-refractivity contribution >= 4 is 23.3 Å². The van der Waals surface area contributed by atoms with Crippen LogP contribution < -0.4 is 5.43 Å². The fourth-order valence-electron chi connectivity index (χ4n) is 2.18. The number of aromatic nitrogens is 2. The summed E-state index contributed by atoms with van der Waals surface area (Å²) in [5.74, 6) is 1.14. The van der Waals surface area contributed by atoms with E-state index in [1.165, 1.54) is 12.8 Å². The maximum atomic E-state index is 6.16. The van der Waals surface area contributed by atoms with Gasteiger partial charge in [-0.2, -0.15) is 5.10 Å². The predicted octanol–water partition coefficient (Wildman–Crippen LogP) is 4.15. The Balaban J connectivity index is 1.80. The summed E-state index contributed by atoms with van der Waals surface area (Å²) in [4.78, 5) is 8.89. The van der Waals surface area contributed by atoms with E-state index >= 15 is 0 Å². The van der Waals surface area contributed by atoms with Crippen molar-refractivity contribution in [1.29, 1.82) is 0 Å². The molecule has 0 spiro atoms. The molecule has 108 valence electrons. The van der Waals surface area contributed by atoms with E-state index < -0.39 is 0 Å². The van der Waals surface area contributed by atoms with Crippen LogP contribution in [0.25, 0.3) is 0 Å². The molecular weight excluding hydrogens is 284 g/mol. The molecule has 0 atom stereocenters. The van der Waals surface area contributed by atoms with E-state index in [0.29, 0.717) is 16.9 Å². The zero-order chi connectivity index (χ0) is 14.8. The number of rotatable bonds is 4. The van der Waals surface area contributed by atoms with Crippen LogP contribution in [0.3, 0.4) is 0 Å². The minimum atomic E-state index is 0.545. The molecule has 1 aromatic carbocycles. The fraction of sp³-hybridized carbons (Fsp3) is 0.312. The summed E-state index contributed by atoms with van der Waals surface area (Å²) in [5.41, 5.74) is 6.72. The summed E-state index contributed by atoms with van der Waals surface area (Å²) >= 11 is 6.16. The number of halogens is 1. The lowest BCUT2D eigenvalue weighted by atomic mass is 10.1. The number of hydrazone groups is 1. The first kappa shape index (κ1) is 14.0. The van der Waals surface area contributed by atoms with Crippen molar-refractivity contribution in [2.45, 2.75) is 32.6 Å². The largest absolute Gasteiger partial charge is 0.245 e. The van der Waals surface area contributed by atoms with Gasteiger partial charge in [0.25, 0.3) is 0 Å². The molecule has 1 fully saturated rings. The van der Waals surface area contributed by atoms with Crippen molar-refractivity contribution in [2.75, 3.05) is 5.43 Å². The van der Waals surface area contributed by atoms with E-state index in [2.05, 4.69) is 20.5 Å². The molecule has 0 radical (unpaired) electrons. The molecule has 1 N–H and O–H groups in total. The molecule has 1 heterocycles. The summed E-state index contributed by atoms with van der Waals surface area (Å²) in [6.07, 6.45) is 2.44. The van der Waals surface area contributed by atoms with Crippen molar-refractivity contribution in [3.63, 3.8) is 0 Å². The summed E-state index contributed by atoms with van der Waals surface area (Å²) < 4.78 is 0. The molecule has 21 heavy (non-hydrogen) atoms. The Kier molecular flexibility index (Phi) is 3.88. The van der Waals surface area contributed by atoms with Crippen LogP contribution in [-0.2, 0) is 0 Å². The van der Waals surface area contributed by atoms with E-state index in [0.717, 1.165) is 22.7 Å². The van der Waals surface area contributed by atoms with Gasteiger partial charge in [-0.25, -0.2) is 15.4 Å². The van der Waals surface area contributed by atoms with E-state index in [9.17, 15) is 0 Å². The lowest BCUT2D eigenvalue weighted by Gasteiger charge is -2.06. The lowest BCUT2D eigenvalue weighted by molar-refractivity contribution is 0.960. The SMILES string of the molecule is CC(=NNc1nc(C)cc(C2CC2)n1)c1ccccc1Cl. The summed E-state index contributed by atoms with van der Waals surface area (Å²) in [7, 11) is 0. The van der Waals surface area contributed by atoms with Crippen LogP contribution >= 0.6 is 11.6 Å². The van der Waals surface area contributed by atoms with Crippen LogP contribution in [-0.4, -0.2) is 15.7 Å². The summed E-state index contributed by atoms with van der Waals surface area (Å²) in [6.45, 7) is 3.88. The molecule has 1 aliphatic rings. The van der Waals surface area contributed by atoms with Gasteiger partial charge < -0.3 is 0 Å². The van der Waals surface area contributed by atoms with Crippen LogP contribution in [0.1, 0.15) is 42.6 Å². The predicted molar refractivity (Wildman–Crippen MR) is 86.0 cm³/mol. The highest BCUT2D eigenvalue weighted by Crippen LogP contribution is 2.39. The van der Waals surface area contributed by atoms with Gasteiger partial charge in [0, 0.05) is 27.9 Å². The van der Waals surface area contributed by atoms with E-state index in [1.807, 2.05) is 44.2 Å². The minimum absolute atomic E-state index is 0.545. The van der Waals surface area contributed by atoms with E-state index in [4.69, 9.17) is 11.6 Å². The van der Waals surface area contributed by atoms with Gasteiger partial charge in [-0.3, -0.25) is 0 Å². The van der Waals surface area contributed by atoms with Crippen LogP contribution in [0.5, 0.6) is 0 Å². The van der Waals surface area contributed by atoms with Gasteiger partial charge >= 0.3 is 0 Å². The Morgan fingerprint density at radius 1 is 1.29 bits per heavy atom. The third-order valence-corrected chi connectivity index (χ3v) is 3.79. The standard InChI is InChI=1S/C16H17ClN4/c1-10-9-15(12-7-8-12)19-16(18-10)21-20-11(2)13-5-3-4-6-14(13)17/h3-6,9,12H,7-8H2,1-2H3,(H,18,19,21).